The summed E-state index contributed by atoms with van der Waals surface area (Å²) in [6, 6.07) is 17.5. The summed E-state index contributed by atoms with van der Waals surface area (Å²) in [5.41, 5.74) is 1.77. The molecule has 0 radical (unpaired) electrons. The van der Waals surface area contributed by atoms with Crippen molar-refractivity contribution in [3.05, 3.63) is 82.3 Å². The first-order valence-corrected chi connectivity index (χ1v) is 12.4. The average Bonchev–Trinajstić information content (AvgIpc) is 2.78. The summed E-state index contributed by atoms with van der Waals surface area (Å²) in [6.45, 7) is 4.55. The van der Waals surface area contributed by atoms with Gasteiger partial charge in [0.1, 0.15) is 23.4 Å². The van der Waals surface area contributed by atoms with Crippen molar-refractivity contribution in [1.29, 1.82) is 0 Å². The van der Waals surface area contributed by atoms with Crippen molar-refractivity contribution in [3.8, 4) is 17.2 Å². The molecule has 0 atom stereocenters. The summed E-state index contributed by atoms with van der Waals surface area (Å²) in [6.07, 6.45) is 0.984. The van der Waals surface area contributed by atoms with Crippen LogP contribution in [0, 0.1) is 13.8 Å². The average molecular weight is 469 g/mol. The van der Waals surface area contributed by atoms with Gasteiger partial charge < -0.3 is 14.0 Å². The molecule has 1 aromatic heterocycles. The molecule has 0 saturated carbocycles. The highest BCUT2D eigenvalue weighted by Gasteiger charge is 2.30. The minimum absolute atomic E-state index is 0.125. The molecule has 1 aliphatic heterocycles. The number of piperidine rings is 1. The third-order valence-corrected chi connectivity index (χ3v) is 7.78. The Morgan fingerprint density at radius 2 is 1.58 bits per heavy atom. The smallest absolute Gasteiger partial charge is 0.254 e. The lowest BCUT2D eigenvalue weighted by molar-refractivity contribution is 0.134. The van der Waals surface area contributed by atoms with E-state index in [9.17, 15) is 13.2 Å². The molecule has 3 aromatic rings. The Balaban J connectivity index is 1.38. The van der Waals surface area contributed by atoms with Crippen LogP contribution in [0.25, 0.3) is 0 Å². The molecule has 0 spiro atoms. The first kappa shape index (κ1) is 23.1. The van der Waals surface area contributed by atoms with E-state index in [2.05, 4.69) is 0 Å². The Kier molecular flexibility index (Phi) is 6.58. The van der Waals surface area contributed by atoms with Crippen molar-refractivity contribution in [1.82, 2.24) is 8.87 Å². The zero-order valence-corrected chi connectivity index (χ0v) is 19.8. The minimum Gasteiger partial charge on any atom is -0.490 e. The number of ether oxygens (including phenoxy) is 2. The van der Waals surface area contributed by atoms with Gasteiger partial charge in [-0.3, -0.25) is 4.79 Å². The van der Waals surface area contributed by atoms with Crippen molar-refractivity contribution in [2.45, 2.75) is 37.7 Å². The molecule has 7 nitrogen and oxygen atoms in total. The molecule has 0 aliphatic carbocycles. The zero-order chi connectivity index (χ0) is 23.6. The Bertz CT molecular complexity index is 1290. The van der Waals surface area contributed by atoms with E-state index in [1.165, 1.54) is 10.4 Å². The van der Waals surface area contributed by atoms with Gasteiger partial charge in [0.15, 0.2) is 0 Å². The summed E-state index contributed by atoms with van der Waals surface area (Å²) in [4.78, 5) is 12.2. The monoisotopic (exact) mass is 468 g/mol. The van der Waals surface area contributed by atoms with Gasteiger partial charge >= 0.3 is 0 Å². The highest BCUT2D eigenvalue weighted by atomic mass is 32.2. The number of nitrogens with zero attached hydrogens (tertiary/aromatic N) is 2. The Hall–Kier alpha value is -3.10. The highest BCUT2D eigenvalue weighted by molar-refractivity contribution is 7.89. The third kappa shape index (κ3) is 5.29. The second-order valence-electron chi connectivity index (χ2n) is 8.34. The van der Waals surface area contributed by atoms with Crippen molar-refractivity contribution in [3.63, 3.8) is 0 Å². The van der Waals surface area contributed by atoms with E-state index < -0.39 is 10.0 Å². The first-order chi connectivity index (χ1) is 15.7. The van der Waals surface area contributed by atoms with Crippen molar-refractivity contribution in [2.75, 3.05) is 13.1 Å². The van der Waals surface area contributed by atoms with Crippen molar-refractivity contribution in [2.24, 2.45) is 7.05 Å². The van der Waals surface area contributed by atoms with Crippen LogP contribution in [0.4, 0.5) is 0 Å². The van der Waals surface area contributed by atoms with Crippen LogP contribution in [0.5, 0.6) is 17.2 Å². The number of aromatic nitrogens is 1. The lowest BCUT2D eigenvalue weighted by Gasteiger charge is -2.31. The maximum Gasteiger partial charge on any atom is 0.254 e. The summed E-state index contributed by atoms with van der Waals surface area (Å²) in [5, 5.41) is 0. The Morgan fingerprint density at radius 1 is 0.879 bits per heavy atom. The van der Waals surface area contributed by atoms with E-state index >= 15 is 0 Å². The molecule has 8 heteroatoms. The van der Waals surface area contributed by atoms with Gasteiger partial charge in [-0.2, -0.15) is 4.31 Å². The predicted octanol–water partition coefficient (Wildman–Crippen LogP) is 4.03. The molecule has 33 heavy (non-hydrogen) atoms. The number of hydrogen-bond acceptors (Lipinski definition) is 5. The van der Waals surface area contributed by atoms with E-state index in [0.29, 0.717) is 43.2 Å². The second kappa shape index (κ2) is 9.41. The summed E-state index contributed by atoms with van der Waals surface area (Å²) in [7, 11) is -1.89. The number of benzene rings is 2. The van der Waals surface area contributed by atoms with Gasteiger partial charge in [-0.05, 0) is 74.7 Å². The number of sulfonamides is 1. The SMILES string of the molecule is Cc1cccc(Oc2ccc(S(=O)(=O)N3CCC(Oc4cc(C)n(C)c(=O)c4)CC3)cc2)c1. The normalized spacial score (nSPS) is 15.4. The number of pyridine rings is 1. The fraction of sp³-hybridized carbons (Fsp3) is 0.320. The van der Waals surface area contributed by atoms with Gasteiger partial charge in [0.25, 0.3) is 5.56 Å². The predicted molar refractivity (Wildman–Crippen MR) is 127 cm³/mol. The van der Waals surface area contributed by atoms with Crippen LogP contribution >= 0.6 is 0 Å². The number of hydrogen-bond donors (Lipinski definition) is 0. The minimum atomic E-state index is -3.60. The van der Waals surface area contributed by atoms with Gasteiger partial charge in [-0.15, -0.1) is 0 Å². The van der Waals surface area contributed by atoms with E-state index in [0.717, 1.165) is 11.3 Å². The fourth-order valence-electron chi connectivity index (χ4n) is 3.83. The Labute approximate surface area is 194 Å². The topological polar surface area (TPSA) is 77.8 Å². The van der Waals surface area contributed by atoms with E-state index in [4.69, 9.17) is 9.47 Å². The van der Waals surface area contributed by atoms with Crippen LogP contribution in [0.3, 0.4) is 0 Å². The summed E-state index contributed by atoms with van der Waals surface area (Å²) >= 11 is 0. The van der Waals surface area contributed by atoms with E-state index in [1.54, 1.807) is 35.9 Å². The van der Waals surface area contributed by atoms with Crippen LogP contribution in [0.1, 0.15) is 24.1 Å². The van der Waals surface area contributed by atoms with Crippen LogP contribution in [0.15, 0.2) is 70.4 Å². The molecule has 0 unspecified atom stereocenters. The van der Waals surface area contributed by atoms with Crippen molar-refractivity contribution < 1.29 is 17.9 Å². The maximum atomic E-state index is 13.1. The number of rotatable bonds is 6. The Morgan fingerprint density at radius 3 is 2.21 bits per heavy atom. The molecule has 2 heterocycles. The van der Waals surface area contributed by atoms with Crippen LogP contribution < -0.4 is 15.0 Å². The van der Waals surface area contributed by atoms with Gasteiger partial charge in [0.2, 0.25) is 10.0 Å². The molecule has 4 rings (SSSR count). The molecule has 1 aliphatic rings. The summed E-state index contributed by atoms with van der Waals surface area (Å²) < 4.78 is 41.0. The van der Waals surface area contributed by atoms with Crippen LogP contribution in [-0.2, 0) is 17.1 Å². The standard InChI is InChI=1S/C25H28N2O5S/c1-18-5-4-6-22(15-18)31-20-7-9-24(10-8-20)33(29,30)27-13-11-21(12-14-27)32-23-16-19(2)26(3)25(28)17-23/h4-10,15-17,21H,11-14H2,1-3H3. The number of aryl methyl sites for hydroxylation is 2. The largest absolute Gasteiger partial charge is 0.490 e. The van der Waals surface area contributed by atoms with Gasteiger partial charge in [0.05, 0.1) is 4.90 Å². The van der Waals surface area contributed by atoms with E-state index in [-0.39, 0.29) is 16.6 Å². The molecule has 174 valence electrons. The molecule has 0 amide bonds. The summed E-state index contributed by atoms with van der Waals surface area (Å²) in [5.74, 6) is 1.82. The van der Waals surface area contributed by atoms with Gasteiger partial charge in [-0.1, -0.05) is 12.1 Å². The molecule has 1 saturated heterocycles. The molecule has 0 bridgehead atoms. The van der Waals surface area contributed by atoms with Gasteiger partial charge in [0, 0.05) is 31.9 Å². The lowest BCUT2D eigenvalue weighted by atomic mass is 10.1. The highest BCUT2D eigenvalue weighted by Crippen LogP contribution is 2.27. The molecular formula is C25H28N2O5S. The van der Waals surface area contributed by atoms with Gasteiger partial charge in [-0.25, -0.2) is 8.42 Å². The molecule has 1 fully saturated rings. The zero-order valence-electron chi connectivity index (χ0n) is 19.0. The third-order valence-electron chi connectivity index (χ3n) is 5.87. The quantitative estimate of drug-likeness (QED) is 0.546. The maximum absolute atomic E-state index is 13.1. The lowest BCUT2D eigenvalue weighted by Crippen LogP contribution is -2.41. The fourth-order valence-corrected chi connectivity index (χ4v) is 5.30. The second-order valence-corrected chi connectivity index (χ2v) is 10.3. The van der Waals surface area contributed by atoms with Crippen molar-refractivity contribution >= 4 is 10.0 Å². The van der Waals surface area contributed by atoms with E-state index in [1.807, 2.05) is 44.2 Å². The molecular weight excluding hydrogens is 440 g/mol. The van der Waals surface area contributed by atoms with Crippen LogP contribution in [-0.4, -0.2) is 36.5 Å². The first-order valence-electron chi connectivity index (χ1n) is 10.9. The molecule has 0 N–H and O–H groups in total. The molecule has 2 aromatic carbocycles. The van der Waals surface area contributed by atoms with Crippen LogP contribution in [0.2, 0.25) is 0 Å².